The highest BCUT2D eigenvalue weighted by atomic mass is 15.2. The third kappa shape index (κ3) is 8.47. The van der Waals surface area contributed by atoms with Crippen molar-refractivity contribution in [3.8, 4) is 55.8 Å². The molecule has 4 aliphatic rings. The molecule has 9 aromatic carbocycles. The fourth-order valence-corrected chi connectivity index (χ4v) is 13.3. The minimum absolute atomic E-state index is 0.00540. The zero-order valence-corrected chi connectivity index (χ0v) is 42.6. The van der Waals surface area contributed by atoms with Crippen molar-refractivity contribution in [1.29, 1.82) is 0 Å². The Bertz CT molecular complexity index is 3340. The van der Waals surface area contributed by atoms with Crippen LogP contribution in [0.5, 0.6) is 0 Å². The first kappa shape index (κ1) is 45.4. The number of aromatic nitrogens is 1. The Morgan fingerprint density at radius 3 is 1.08 bits per heavy atom. The van der Waals surface area contributed by atoms with Gasteiger partial charge in [0, 0.05) is 45.9 Å². The first-order valence-electron chi connectivity index (χ1n) is 27.7. The minimum Gasteiger partial charge on any atom is -0.311 e. The predicted octanol–water partition coefficient (Wildman–Crippen LogP) is 17.6. The molecule has 10 aromatic rings. The Morgan fingerprint density at radius 1 is 0.320 bits per heavy atom. The molecule has 3 nitrogen and oxygen atoms in total. The normalized spacial score (nSPS) is 15.3. The van der Waals surface area contributed by atoms with Crippen molar-refractivity contribution in [3.05, 3.63) is 242 Å². The van der Waals surface area contributed by atoms with Crippen molar-refractivity contribution in [2.45, 2.75) is 76.0 Å². The molecule has 2 aliphatic heterocycles. The summed E-state index contributed by atoms with van der Waals surface area (Å²) in [5, 5.41) is 0. The Balaban J connectivity index is 1.09. The summed E-state index contributed by atoms with van der Waals surface area (Å²) in [7, 11) is 0. The van der Waals surface area contributed by atoms with Gasteiger partial charge in [0.25, 0.3) is 6.71 Å². The monoisotopic (exact) mass is 965 g/mol. The van der Waals surface area contributed by atoms with Gasteiger partial charge in [-0.05, 0) is 182 Å². The third-order valence-electron chi connectivity index (χ3n) is 17.0. The molecule has 0 amide bonds. The van der Waals surface area contributed by atoms with Crippen molar-refractivity contribution < 1.29 is 0 Å². The molecule has 362 valence electrons. The maximum absolute atomic E-state index is 5.10. The van der Waals surface area contributed by atoms with Crippen LogP contribution in [0.3, 0.4) is 0 Å². The van der Waals surface area contributed by atoms with E-state index in [2.05, 4.69) is 228 Å². The first-order valence-corrected chi connectivity index (χ1v) is 27.7. The van der Waals surface area contributed by atoms with Crippen molar-refractivity contribution >= 4 is 57.2 Å². The van der Waals surface area contributed by atoms with Crippen LogP contribution in [0.25, 0.3) is 55.8 Å². The number of pyridine rings is 1. The summed E-state index contributed by atoms with van der Waals surface area (Å²) in [5.41, 5.74) is 25.9. The summed E-state index contributed by atoms with van der Waals surface area (Å²) in [4.78, 5) is 10.4. The van der Waals surface area contributed by atoms with E-state index in [1.807, 2.05) is 12.3 Å². The van der Waals surface area contributed by atoms with E-state index in [4.69, 9.17) is 4.98 Å². The predicted molar refractivity (Wildman–Crippen MR) is 317 cm³/mol. The van der Waals surface area contributed by atoms with E-state index in [1.54, 1.807) is 0 Å². The van der Waals surface area contributed by atoms with Crippen molar-refractivity contribution in [3.63, 3.8) is 0 Å². The van der Waals surface area contributed by atoms with E-state index in [0.717, 1.165) is 22.6 Å². The average molecular weight is 966 g/mol. The highest BCUT2D eigenvalue weighted by molar-refractivity contribution is 7.00. The lowest BCUT2D eigenvalue weighted by Crippen LogP contribution is -2.61. The molecule has 2 aliphatic carbocycles. The van der Waals surface area contributed by atoms with Crippen molar-refractivity contribution in [1.82, 2.24) is 4.98 Å². The molecule has 0 radical (unpaired) electrons. The maximum Gasteiger partial charge on any atom is 0.252 e. The molecule has 0 saturated heterocycles. The molecule has 14 rings (SSSR count). The molecule has 0 spiro atoms. The number of fused-ring (bicyclic) bond motifs is 4. The van der Waals surface area contributed by atoms with E-state index >= 15 is 0 Å². The van der Waals surface area contributed by atoms with E-state index in [0.29, 0.717) is 11.8 Å². The van der Waals surface area contributed by atoms with E-state index in [9.17, 15) is 0 Å². The van der Waals surface area contributed by atoms with Gasteiger partial charge >= 0.3 is 0 Å². The van der Waals surface area contributed by atoms with Crippen LogP contribution in [0, 0.1) is 0 Å². The van der Waals surface area contributed by atoms with Crippen LogP contribution in [-0.4, -0.2) is 11.7 Å². The number of hydrogen-bond donors (Lipinski definition) is 0. The molecule has 3 heterocycles. The van der Waals surface area contributed by atoms with Crippen LogP contribution in [0.2, 0.25) is 0 Å². The lowest BCUT2D eigenvalue weighted by atomic mass is 9.33. The van der Waals surface area contributed by atoms with Crippen LogP contribution < -0.4 is 26.2 Å². The van der Waals surface area contributed by atoms with Crippen LogP contribution in [-0.2, 0) is 0 Å². The molecule has 75 heavy (non-hydrogen) atoms. The number of benzene rings is 9. The second-order valence-corrected chi connectivity index (χ2v) is 21.6. The van der Waals surface area contributed by atoms with Gasteiger partial charge in [-0.1, -0.05) is 190 Å². The van der Waals surface area contributed by atoms with Gasteiger partial charge in [-0.2, -0.15) is 0 Å². The largest absolute Gasteiger partial charge is 0.311 e. The fraction of sp³-hybridized carbons (Fsp3) is 0.169. The Hall–Kier alpha value is -8.21. The van der Waals surface area contributed by atoms with Gasteiger partial charge in [-0.25, -0.2) is 0 Å². The Kier molecular flexibility index (Phi) is 11.9. The van der Waals surface area contributed by atoms with E-state index < -0.39 is 0 Å². The number of rotatable bonds is 9. The Morgan fingerprint density at radius 2 is 0.707 bits per heavy atom. The number of nitrogens with zero attached hydrogens (tertiary/aromatic N) is 3. The molecule has 0 N–H and O–H groups in total. The topological polar surface area (TPSA) is 19.4 Å². The summed E-state index contributed by atoms with van der Waals surface area (Å²) in [6.45, 7) is -0.00540. The van der Waals surface area contributed by atoms with Gasteiger partial charge in [-0.3, -0.25) is 4.98 Å². The van der Waals surface area contributed by atoms with E-state index in [-0.39, 0.29) is 6.71 Å². The molecule has 0 unspecified atom stereocenters. The van der Waals surface area contributed by atoms with E-state index in [1.165, 1.54) is 159 Å². The molecule has 4 heteroatoms. The van der Waals surface area contributed by atoms with Gasteiger partial charge in [0.2, 0.25) is 0 Å². The third-order valence-corrected chi connectivity index (χ3v) is 17.0. The Labute approximate surface area is 443 Å². The SMILES string of the molecule is c1ccc(-c2cc(-c3ccccc3)cc(N3c4ccc(C5CCCCC5)cc4B4c5cc(C6CCCCC6)ccc5N(c5cc(-c6ccccc6)cc(-c6ccccc6)c5)c5cc(-c6ccccn6)cc3c54)c2)cc1. The maximum atomic E-state index is 5.10. The number of hydrogen-bond acceptors (Lipinski definition) is 3. The molecular formula is C71H60BN3. The second-order valence-electron chi connectivity index (χ2n) is 21.6. The molecule has 0 atom stereocenters. The average Bonchev–Trinajstić information content (AvgIpc) is 3.51. The fourth-order valence-electron chi connectivity index (χ4n) is 13.3. The summed E-state index contributed by atoms with van der Waals surface area (Å²) in [6.07, 6.45) is 14.8. The van der Waals surface area contributed by atoms with Gasteiger partial charge in [0.15, 0.2) is 0 Å². The van der Waals surface area contributed by atoms with Gasteiger partial charge in [0.05, 0.1) is 5.69 Å². The van der Waals surface area contributed by atoms with Gasteiger partial charge < -0.3 is 9.80 Å². The summed E-state index contributed by atoms with van der Waals surface area (Å²) in [6, 6.07) is 84.8. The lowest BCUT2D eigenvalue weighted by Gasteiger charge is -2.45. The van der Waals surface area contributed by atoms with Crippen LogP contribution in [0.15, 0.2) is 231 Å². The van der Waals surface area contributed by atoms with Crippen molar-refractivity contribution in [2.75, 3.05) is 9.80 Å². The van der Waals surface area contributed by atoms with Crippen LogP contribution in [0.4, 0.5) is 34.1 Å². The summed E-state index contributed by atoms with van der Waals surface area (Å²) >= 11 is 0. The van der Waals surface area contributed by atoms with Crippen LogP contribution >= 0.6 is 0 Å². The quantitative estimate of drug-likeness (QED) is 0.134. The molecular weight excluding hydrogens is 906 g/mol. The number of anilines is 6. The smallest absolute Gasteiger partial charge is 0.252 e. The zero-order valence-electron chi connectivity index (χ0n) is 42.6. The second kappa shape index (κ2) is 19.6. The summed E-state index contributed by atoms with van der Waals surface area (Å²) in [5.74, 6) is 1.11. The molecule has 2 saturated carbocycles. The molecule has 0 bridgehead atoms. The van der Waals surface area contributed by atoms with Gasteiger partial charge in [0.1, 0.15) is 0 Å². The highest BCUT2D eigenvalue weighted by Gasteiger charge is 2.45. The minimum atomic E-state index is -0.00540. The van der Waals surface area contributed by atoms with Crippen LogP contribution in [0.1, 0.15) is 87.2 Å². The zero-order chi connectivity index (χ0) is 49.7. The standard InChI is InChI=1S/C71H60BN3/c1-7-21-49(22-8-1)55-34-36-67-64(45-55)72-65-46-56(50-23-9-2-10-24-50)35-37-68(65)75(63-43-59(53-29-15-5-16-30-53)40-60(44-63)54-31-17-6-18-32-54)70-48-61(66-33-19-20-38-73-66)47-69(71(70)72)74(67)62-41-57(51-25-11-3-12-26-51)39-58(42-62)52-27-13-4-14-28-52/h3-6,11-20,25-50H,1-2,7-10,21-24H2. The first-order chi connectivity index (χ1) is 37.2. The van der Waals surface area contributed by atoms with Gasteiger partial charge in [-0.15, -0.1) is 0 Å². The molecule has 1 aromatic heterocycles. The van der Waals surface area contributed by atoms with Crippen molar-refractivity contribution in [2.24, 2.45) is 0 Å². The summed E-state index contributed by atoms with van der Waals surface area (Å²) < 4.78 is 0. The lowest BCUT2D eigenvalue weighted by molar-refractivity contribution is 0.444. The molecule has 2 fully saturated rings. The highest BCUT2D eigenvalue weighted by Crippen LogP contribution is 2.49.